The van der Waals surface area contributed by atoms with Gasteiger partial charge in [0.05, 0.1) is 19.8 Å². The Balaban J connectivity index is 0.00000300. The first-order valence-corrected chi connectivity index (χ1v) is 20.8. The van der Waals surface area contributed by atoms with Gasteiger partial charge in [0.15, 0.2) is 24.8 Å². The fraction of sp³-hybridized carbons (Fsp3) is 0.696. The number of ether oxygens (including phenoxy) is 2. The lowest BCUT2D eigenvalue weighted by Gasteiger charge is -2.73. The molecule has 2 heterocycles. The van der Waals surface area contributed by atoms with Crippen LogP contribution < -0.4 is 33.9 Å². The Morgan fingerprint density at radius 3 is 2.00 bits per heavy atom. The van der Waals surface area contributed by atoms with Crippen molar-refractivity contribution in [1.29, 1.82) is 0 Å². The van der Waals surface area contributed by atoms with Gasteiger partial charge in [0.2, 0.25) is 13.1 Å². The van der Waals surface area contributed by atoms with Crippen LogP contribution in [0.5, 0.6) is 0 Å². The van der Waals surface area contributed by atoms with Crippen LogP contribution in [0.1, 0.15) is 117 Å². The number of hydrogen-bond acceptors (Lipinski definition) is 6. The number of hydrogen-bond donors (Lipinski definition) is 2. The number of aromatic nitrogens is 2. The molecule has 5 aliphatic rings. The van der Waals surface area contributed by atoms with E-state index in [2.05, 4.69) is 48.1 Å². The summed E-state index contributed by atoms with van der Waals surface area (Å²) in [5.41, 5.74) is 3.20. The number of carbonyl (C=O) groups is 2. The Bertz CT molecular complexity index is 1770. The Labute approximate surface area is 347 Å². The minimum absolute atomic E-state index is 0. The van der Waals surface area contributed by atoms with Gasteiger partial charge in [-0.25, -0.2) is 9.59 Å². The van der Waals surface area contributed by atoms with Crippen LogP contribution in [0.15, 0.2) is 61.2 Å². The van der Waals surface area contributed by atoms with Crippen molar-refractivity contribution in [3.8, 4) is 0 Å². The highest BCUT2D eigenvalue weighted by Gasteiger charge is 2.71. The molecule has 5 aliphatic carbocycles. The second kappa shape index (κ2) is 16.6. The van der Waals surface area contributed by atoms with Crippen LogP contribution in [0.4, 0.5) is 0 Å². The van der Waals surface area contributed by atoms with Crippen molar-refractivity contribution in [2.45, 2.75) is 138 Å². The van der Waals surface area contributed by atoms with Crippen molar-refractivity contribution >= 4 is 11.9 Å². The molecule has 10 heteroatoms. The lowest BCUT2D eigenvalue weighted by Crippen LogP contribution is -3.00. The molecule has 2 N–H and O–H groups in total. The molecule has 310 valence electrons. The lowest BCUT2D eigenvalue weighted by molar-refractivity contribution is -0.686. The van der Waals surface area contributed by atoms with Gasteiger partial charge >= 0.3 is 11.9 Å². The standard InChI is InChI=1S/C46H66N2O6.2ClH/c1-31(2)34-14-19-46(30-53-39(51)26-47-22-8-10-32(24-47)28-49)21-20-44(6)35(41(34)46)12-13-37-43(5)17-16-38(42(3,4)36(43)15-18-45(37,44)7)54-40(52)27-48-23-9-11-33(25-48)29-50;;/h8-11,22-25,34-38,41,49-50H,1,12-21,26-30H2,2-7H3;2*1H/q+2;;/p-2/t34-,35?,36?,37?,38-,41?,43-,44+,45+,46+;;/m0../s1. The molecular formula is C46H66Cl2N2O6. The molecule has 0 radical (unpaired) electrons. The topological polar surface area (TPSA) is 101 Å². The summed E-state index contributed by atoms with van der Waals surface area (Å²) in [7, 11) is 0. The summed E-state index contributed by atoms with van der Waals surface area (Å²) in [6.45, 7) is 20.0. The first-order chi connectivity index (χ1) is 25.6. The number of allylic oxidation sites excluding steroid dienone is 1. The van der Waals surface area contributed by atoms with E-state index in [0.717, 1.165) is 56.1 Å². The minimum Gasteiger partial charge on any atom is -1.00 e. The number of rotatable bonds is 10. The third-order valence-corrected chi connectivity index (χ3v) is 16.8. The summed E-state index contributed by atoms with van der Waals surface area (Å²) in [4.78, 5) is 26.6. The zero-order chi connectivity index (χ0) is 38.7. The molecule has 0 aromatic carbocycles. The molecule has 0 bridgehead atoms. The molecule has 0 aliphatic heterocycles. The quantitative estimate of drug-likeness (QED) is 0.212. The van der Waals surface area contributed by atoms with Gasteiger partial charge in [-0.3, -0.25) is 0 Å². The third kappa shape index (κ3) is 7.47. The second-order valence-electron chi connectivity index (χ2n) is 19.6. The molecule has 5 fully saturated rings. The average Bonchev–Trinajstić information content (AvgIpc) is 3.53. The zero-order valence-electron chi connectivity index (χ0n) is 34.6. The van der Waals surface area contributed by atoms with E-state index >= 15 is 0 Å². The highest BCUT2D eigenvalue weighted by molar-refractivity contribution is 5.68. The lowest BCUT2D eigenvalue weighted by atomic mass is 9.32. The fourth-order valence-corrected chi connectivity index (χ4v) is 14.0. The van der Waals surface area contributed by atoms with Crippen LogP contribution >= 0.6 is 0 Å². The Hall–Kier alpha value is -2.52. The molecule has 56 heavy (non-hydrogen) atoms. The fourth-order valence-electron chi connectivity index (χ4n) is 14.0. The van der Waals surface area contributed by atoms with Gasteiger partial charge in [-0.15, -0.1) is 0 Å². The van der Waals surface area contributed by atoms with Crippen molar-refractivity contribution in [3.05, 3.63) is 72.3 Å². The molecule has 0 amide bonds. The van der Waals surface area contributed by atoms with Gasteiger partial charge in [-0.05, 0) is 129 Å². The number of nitrogens with zero attached hydrogens (tertiary/aromatic N) is 2. The SMILES string of the molecule is C=C(C)[C@@H]1CC[C@]2(COC(=O)C[n+]3cccc(CO)c3)CC[C@]3(C)C(CCC4[C@@]5(C)CC[C@H](OC(=O)C[n+]6cccc(CO)c6)C(C)(C)C5CC[C@]43C)C12.[Cl-].[Cl-]. The number of pyridine rings is 2. The smallest absolute Gasteiger partial charge is 0.372 e. The highest BCUT2D eigenvalue weighted by atomic mass is 35.5. The van der Waals surface area contributed by atoms with Crippen LogP contribution in [-0.4, -0.2) is 34.9 Å². The monoisotopic (exact) mass is 812 g/mol. The third-order valence-electron chi connectivity index (χ3n) is 16.8. The van der Waals surface area contributed by atoms with Crippen LogP contribution in [0.3, 0.4) is 0 Å². The predicted molar refractivity (Wildman–Crippen MR) is 205 cm³/mol. The van der Waals surface area contributed by atoms with E-state index in [1.165, 1.54) is 24.8 Å². The van der Waals surface area contributed by atoms with Crippen molar-refractivity contribution in [2.75, 3.05) is 6.61 Å². The maximum absolute atomic E-state index is 13.3. The van der Waals surface area contributed by atoms with Gasteiger partial charge in [0.25, 0.3) is 0 Å². The number of fused-ring (bicyclic) bond motifs is 7. The molecule has 8 nitrogen and oxygen atoms in total. The van der Waals surface area contributed by atoms with Gasteiger partial charge in [0, 0.05) is 34.1 Å². The predicted octanol–water partition coefficient (Wildman–Crippen LogP) is 1.07. The normalized spacial score (nSPS) is 36.6. The number of halogens is 2. The van der Waals surface area contributed by atoms with E-state index in [9.17, 15) is 19.8 Å². The van der Waals surface area contributed by atoms with Crippen LogP contribution in [-0.2, 0) is 45.4 Å². The van der Waals surface area contributed by atoms with Gasteiger partial charge in [-0.2, -0.15) is 9.13 Å². The number of esters is 2. The first-order valence-electron chi connectivity index (χ1n) is 20.8. The number of aliphatic hydroxyl groups is 2. The molecule has 2 aromatic rings. The molecule has 5 saturated carbocycles. The zero-order valence-corrected chi connectivity index (χ0v) is 36.1. The molecule has 0 saturated heterocycles. The maximum atomic E-state index is 13.3. The van der Waals surface area contributed by atoms with Gasteiger partial charge < -0.3 is 44.5 Å². The van der Waals surface area contributed by atoms with Crippen LogP contribution in [0.25, 0.3) is 0 Å². The van der Waals surface area contributed by atoms with E-state index in [-0.39, 0.29) is 96.2 Å². The van der Waals surface area contributed by atoms with Crippen LogP contribution in [0.2, 0.25) is 0 Å². The first kappa shape index (κ1) is 44.6. The van der Waals surface area contributed by atoms with Crippen molar-refractivity contribution in [1.82, 2.24) is 0 Å². The Kier molecular flexibility index (Phi) is 13.2. The Morgan fingerprint density at radius 2 is 1.39 bits per heavy atom. The van der Waals surface area contributed by atoms with Gasteiger partial charge in [0.1, 0.15) is 6.10 Å². The summed E-state index contributed by atoms with van der Waals surface area (Å²) in [6, 6.07) is 7.43. The van der Waals surface area contributed by atoms with Crippen LogP contribution in [0, 0.1) is 56.7 Å². The average molecular weight is 814 g/mol. The van der Waals surface area contributed by atoms with E-state index in [1.807, 2.05) is 58.2 Å². The molecule has 7 rings (SSSR count). The molecule has 2 aromatic heterocycles. The summed E-state index contributed by atoms with van der Waals surface area (Å²) >= 11 is 0. The number of carbonyl (C=O) groups excluding carboxylic acids is 2. The largest absolute Gasteiger partial charge is 1.00 e. The van der Waals surface area contributed by atoms with Crippen molar-refractivity contribution in [3.63, 3.8) is 0 Å². The molecule has 0 spiro atoms. The minimum atomic E-state index is -0.212. The summed E-state index contributed by atoms with van der Waals surface area (Å²) in [6.07, 6.45) is 18.4. The van der Waals surface area contributed by atoms with E-state index < -0.39 is 0 Å². The summed E-state index contributed by atoms with van der Waals surface area (Å²) in [5.74, 6) is 2.10. The van der Waals surface area contributed by atoms with Crippen molar-refractivity contribution in [2.24, 2.45) is 56.7 Å². The van der Waals surface area contributed by atoms with Crippen molar-refractivity contribution < 1.29 is 63.2 Å². The summed E-state index contributed by atoms with van der Waals surface area (Å²) < 4.78 is 16.2. The molecule has 4 unspecified atom stereocenters. The molecule has 10 atom stereocenters. The molecular weight excluding hydrogens is 747 g/mol. The summed E-state index contributed by atoms with van der Waals surface area (Å²) in [5, 5.41) is 19.1. The van der Waals surface area contributed by atoms with Gasteiger partial charge in [-0.1, -0.05) is 46.8 Å². The number of aliphatic hydroxyl groups excluding tert-OH is 2. The Morgan fingerprint density at radius 1 is 0.768 bits per heavy atom. The maximum Gasteiger partial charge on any atom is 0.372 e. The van der Waals surface area contributed by atoms with E-state index in [4.69, 9.17) is 9.47 Å². The second-order valence-corrected chi connectivity index (χ2v) is 19.6. The van der Waals surface area contributed by atoms with E-state index in [0.29, 0.717) is 36.2 Å². The highest BCUT2D eigenvalue weighted by Crippen LogP contribution is 2.77. The van der Waals surface area contributed by atoms with E-state index in [1.54, 1.807) is 0 Å².